The van der Waals surface area contributed by atoms with Crippen LogP contribution in [0.5, 0.6) is 5.75 Å². The molecule has 0 bridgehead atoms. The van der Waals surface area contributed by atoms with Crippen LogP contribution in [-0.4, -0.2) is 12.3 Å². The van der Waals surface area contributed by atoms with E-state index in [0.717, 1.165) is 12.2 Å². The number of rotatable bonds is 6. The first kappa shape index (κ1) is 12.6. The zero-order valence-electron chi connectivity index (χ0n) is 9.81. The maximum Gasteiger partial charge on any atom is 0.308 e. The van der Waals surface area contributed by atoms with Crippen LogP contribution in [-0.2, 0) is 9.53 Å². The lowest BCUT2D eigenvalue weighted by Gasteiger charge is -2.17. The SMILES string of the molecule is CCCC(=O)OC(CC)Oc1ccccc1. The summed E-state index contributed by atoms with van der Waals surface area (Å²) in [6.45, 7) is 3.87. The Balaban J connectivity index is 2.46. The molecule has 0 heterocycles. The number of esters is 1. The summed E-state index contributed by atoms with van der Waals surface area (Å²) in [6, 6.07) is 9.37. The highest BCUT2D eigenvalue weighted by atomic mass is 16.7. The molecule has 1 aromatic rings. The molecule has 1 aromatic carbocycles. The molecular formula is C13H18O3. The van der Waals surface area contributed by atoms with Crippen molar-refractivity contribution in [2.75, 3.05) is 0 Å². The Labute approximate surface area is 96.4 Å². The van der Waals surface area contributed by atoms with E-state index in [2.05, 4.69) is 0 Å². The van der Waals surface area contributed by atoms with E-state index < -0.39 is 6.29 Å². The van der Waals surface area contributed by atoms with Gasteiger partial charge in [0.15, 0.2) is 0 Å². The van der Waals surface area contributed by atoms with E-state index in [1.807, 2.05) is 44.2 Å². The smallest absolute Gasteiger partial charge is 0.308 e. The van der Waals surface area contributed by atoms with Crippen LogP contribution in [0.25, 0.3) is 0 Å². The van der Waals surface area contributed by atoms with Crippen molar-refractivity contribution in [2.24, 2.45) is 0 Å². The summed E-state index contributed by atoms with van der Waals surface area (Å²) < 4.78 is 10.7. The van der Waals surface area contributed by atoms with Gasteiger partial charge >= 0.3 is 5.97 Å². The van der Waals surface area contributed by atoms with Gasteiger partial charge in [-0.2, -0.15) is 0 Å². The molecule has 0 N–H and O–H groups in total. The molecule has 1 unspecified atom stereocenters. The predicted molar refractivity (Wildman–Crippen MR) is 62.1 cm³/mol. The molecule has 0 amide bonds. The van der Waals surface area contributed by atoms with Gasteiger partial charge in [0.25, 0.3) is 0 Å². The van der Waals surface area contributed by atoms with E-state index in [-0.39, 0.29) is 5.97 Å². The second-order valence-electron chi connectivity index (χ2n) is 3.51. The second kappa shape index (κ2) is 6.88. The van der Waals surface area contributed by atoms with Crippen molar-refractivity contribution >= 4 is 5.97 Å². The summed E-state index contributed by atoms with van der Waals surface area (Å²) in [5.74, 6) is 0.518. The Morgan fingerprint density at radius 2 is 1.94 bits per heavy atom. The first-order chi connectivity index (χ1) is 7.76. The summed E-state index contributed by atoms with van der Waals surface area (Å²) in [6.07, 6.45) is 1.39. The van der Waals surface area contributed by atoms with Crippen LogP contribution < -0.4 is 4.74 Å². The van der Waals surface area contributed by atoms with E-state index in [1.165, 1.54) is 0 Å². The first-order valence-corrected chi connectivity index (χ1v) is 5.67. The number of carbonyl (C=O) groups excluding carboxylic acids is 1. The number of carbonyl (C=O) groups is 1. The van der Waals surface area contributed by atoms with Crippen LogP contribution in [0.3, 0.4) is 0 Å². The molecule has 3 heteroatoms. The van der Waals surface area contributed by atoms with Crippen LogP contribution in [0, 0.1) is 0 Å². The number of benzene rings is 1. The first-order valence-electron chi connectivity index (χ1n) is 5.67. The third kappa shape index (κ3) is 4.34. The molecule has 0 aromatic heterocycles. The molecular weight excluding hydrogens is 204 g/mol. The second-order valence-corrected chi connectivity index (χ2v) is 3.51. The number of ether oxygens (including phenoxy) is 2. The van der Waals surface area contributed by atoms with E-state index in [4.69, 9.17) is 9.47 Å². The zero-order chi connectivity index (χ0) is 11.8. The number of hydrogen-bond acceptors (Lipinski definition) is 3. The monoisotopic (exact) mass is 222 g/mol. The molecule has 1 atom stereocenters. The third-order valence-electron chi connectivity index (χ3n) is 2.06. The number of para-hydroxylation sites is 1. The summed E-state index contributed by atoms with van der Waals surface area (Å²) in [5.41, 5.74) is 0. The van der Waals surface area contributed by atoms with Gasteiger partial charge in [0.2, 0.25) is 6.29 Å². The van der Waals surface area contributed by atoms with Crippen LogP contribution in [0.15, 0.2) is 30.3 Å². The Morgan fingerprint density at radius 1 is 1.25 bits per heavy atom. The molecule has 16 heavy (non-hydrogen) atoms. The van der Waals surface area contributed by atoms with Gasteiger partial charge in [-0.3, -0.25) is 4.79 Å². The van der Waals surface area contributed by atoms with Crippen LogP contribution in [0.1, 0.15) is 33.1 Å². The van der Waals surface area contributed by atoms with Gasteiger partial charge in [-0.25, -0.2) is 0 Å². The molecule has 3 nitrogen and oxygen atoms in total. The molecule has 0 saturated carbocycles. The zero-order valence-corrected chi connectivity index (χ0v) is 9.81. The van der Waals surface area contributed by atoms with Crippen LogP contribution in [0.4, 0.5) is 0 Å². The van der Waals surface area contributed by atoms with Crippen molar-refractivity contribution in [3.05, 3.63) is 30.3 Å². The Kier molecular flexibility index (Phi) is 5.40. The van der Waals surface area contributed by atoms with Gasteiger partial charge in [0.05, 0.1) is 0 Å². The van der Waals surface area contributed by atoms with Crippen molar-refractivity contribution in [2.45, 2.75) is 39.4 Å². The lowest BCUT2D eigenvalue weighted by Crippen LogP contribution is -2.23. The van der Waals surface area contributed by atoms with Gasteiger partial charge in [-0.1, -0.05) is 32.0 Å². The normalized spacial score (nSPS) is 11.9. The average molecular weight is 222 g/mol. The highest BCUT2D eigenvalue weighted by molar-refractivity contribution is 5.69. The molecule has 0 aliphatic rings. The fourth-order valence-electron chi connectivity index (χ4n) is 1.25. The van der Waals surface area contributed by atoms with E-state index in [1.54, 1.807) is 0 Å². The minimum atomic E-state index is -0.485. The highest BCUT2D eigenvalue weighted by Gasteiger charge is 2.12. The average Bonchev–Trinajstić information content (AvgIpc) is 2.30. The third-order valence-corrected chi connectivity index (χ3v) is 2.06. The Bertz CT molecular complexity index is 308. The maximum absolute atomic E-state index is 11.3. The van der Waals surface area contributed by atoms with Crippen molar-refractivity contribution < 1.29 is 14.3 Å². The summed E-state index contributed by atoms with van der Waals surface area (Å²) >= 11 is 0. The summed E-state index contributed by atoms with van der Waals surface area (Å²) in [4.78, 5) is 11.3. The molecule has 0 fully saturated rings. The standard InChI is InChI=1S/C13H18O3/c1-3-8-12(14)16-13(4-2)15-11-9-6-5-7-10-11/h5-7,9-10,13H,3-4,8H2,1-2H3. The van der Waals surface area contributed by atoms with Crippen LogP contribution >= 0.6 is 0 Å². The number of hydrogen-bond donors (Lipinski definition) is 0. The Morgan fingerprint density at radius 3 is 2.50 bits per heavy atom. The van der Waals surface area contributed by atoms with Crippen molar-refractivity contribution in [3.63, 3.8) is 0 Å². The lowest BCUT2D eigenvalue weighted by atomic mass is 10.3. The topological polar surface area (TPSA) is 35.5 Å². The predicted octanol–water partition coefficient (Wildman–Crippen LogP) is 3.14. The largest absolute Gasteiger partial charge is 0.455 e. The van der Waals surface area contributed by atoms with Gasteiger partial charge in [0, 0.05) is 12.8 Å². The van der Waals surface area contributed by atoms with Gasteiger partial charge in [0.1, 0.15) is 5.75 Å². The molecule has 0 aliphatic heterocycles. The van der Waals surface area contributed by atoms with Gasteiger partial charge in [-0.05, 0) is 18.6 Å². The van der Waals surface area contributed by atoms with Crippen molar-refractivity contribution in [1.82, 2.24) is 0 Å². The lowest BCUT2D eigenvalue weighted by molar-refractivity contribution is -0.164. The fourth-order valence-corrected chi connectivity index (χ4v) is 1.25. The van der Waals surface area contributed by atoms with E-state index in [0.29, 0.717) is 12.8 Å². The maximum atomic E-state index is 11.3. The van der Waals surface area contributed by atoms with E-state index in [9.17, 15) is 4.79 Å². The molecule has 0 saturated heterocycles. The highest BCUT2D eigenvalue weighted by Crippen LogP contribution is 2.13. The molecule has 1 rings (SSSR count). The molecule has 0 spiro atoms. The van der Waals surface area contributed by atoms with Gasteiger partial charge in [-0.15, -0.1) is 0 Å². The van der Waals surface area contributed by atoms with Crippen LogP contribution in [0.2, 0.25) is 0 Å². The summed E-state index contributed by atoms with van der Waals surface area (Å²) in [5, 5.41) is 0. The quantitative estimate of drug-likeness (QED) is 0.548. The molecule has 88 valence electrons. The fraction of sp³-hybridized carbons (Fsp3) is 0.462. The van der Waals surface area contributed by atoms with Gasteiger partial charge < -0.3 is 9.47 Å². The summed E-state index contributed by atoms with van der Waals surface area (Å²) in [7, 11) is 0. The minimum absolute atomic E-state index is 0.203. The minimum Gasteiger partial charge on any atom is -0.455 e. The molecule has 0 radical (unpaired) electrons. The van der Waals surface area contributed by atoms with Crippen molar-refractivity contribution in [3.8, 4) is 5.75 Å². The molecule has 0 aliphatic carbocycles. The van der Waals surface area contributed by atoms with E-state index >= 15 is 0 Å². The van der Waals surface area contributed by atoms with Crippen molar-refractivity contribution in [1.29, 1.82) is 0 Å². The Hall–Kier alpha value is -1.51.